The molecule has 0 aliphatic carbocycles. The lowest BCUT2D eigenvalue weighted by Gasteiger charge is -2.29. The third kappa shape index (κ3) is 2.27. The van der Waals surface area contributed by atoms with Gasteiger partial charge in [-0.25, -0.2) is 4.79 Å². The Hall–Kier alpha value is -1.03. The first-order valence-electron chi connectivity index (χ1n) is 6.59. The first-order chi connectivity index (χ1) is 8.79. The van der Waals surface area contributed by atoms with Crippen LogP contribution < -0.4 is 5.69 Å². The van der Waals surface area contributed by atoms with Gasteiger partial charge in [-0.05, 0) is 29.5 Å². The molecule has 0 amide bonds. The number of imidazole rings is 1. The zero-order chi connectivity index (χ0) is 14.4. The minimum absolute atomic E-state index is 0.0213. The molecule has 2 aromatic rings. The fourth-order valence-corrected chi connectivity index (χ4v) is 2.92. The molecule has 1 unspecified atom stereocenters. The van der Waals surface area contributed by atoms with Crippen LogP contribution in [-0.2, 0) is 14.1 Å². The van der Waals surface area contributed by atoms with Crippen LogP contribution in [0, 0.1) is 5.41 Å². The van der Waals surface area contributed by atoms with Crippen LogP contribution in [0.1, 0.15) is 37.6 Å². The smallest absolute Gasteiger partial charge is 0.295 e. The number of alkyl halides is 1. The highest BCUT2D eigenvalue weighted by Gasteiger charge is 2.27. The average Bonchev–Trinajstić information content (AvgIpc) is 2.62. The minimum Gasteiger partial charge on any atom is -0.295 e. The van der Waals surface area contributed by atoms with Crippen molar-refractivity contribution in [2.24, 2.45) is 19.5 Å². The lowest BCUT2D eigenvalue weighted by molar-refractivity contribution is 0.346. The molecule has 0 aliphatic rings. The molecule has 0 saturated heterocycles. The molecule has 0 aliphatic heterocycles. The molecule has 1 atom stereocenters. The molecule has 0 fully saturated rings. The Morgan fingerprint density at radius 1 is 1.21 bits per heavy atom. The minimum atomic E-state index is 0.0213. The molecule has 1 aromatic heterocycles. The summed E-state index contributed by atoms with van der Waals surface area (Å²) in [6.07, 6.45) is 1.09. The molecule has 2 rings (SSSR count). The molecule has 1 heterocycles. The van der Waals surface area contributed by atoms with Gasteiger partial charge >= 0.3 is 5.69 Å². The Kier molecular flexibility index (Phi) is 3.65. The molecule has 19 heavy (non-hydrogen) atoms. The van der Waals surface area contributed by atoms with E-state index in [1.165, 1.54) is 5.56 Å². The fourth-order valence-electron chi connectivity index (χ4n) is 2.31. The monoisotopic (exact) mass is 324 g/mol. The van der Waals surface area contributed by atoms with E-state index in [1.54, 1.807) is 9.13 Å². The molecule has 3 nitrogen and oxygen atoms in total. The van der Waals surface area contributed by atoms with E-state index in [0.717, 1.165) is 17.5 Å². The topological polar surface area (TPSA) is 26.9 Å². The van der Waals surface area contributed by atoms with E-state index in [1.807, 2.05) is 20.2 Å². The lowest BCUT2D eigenvalue weighted by atomic mass is 9.83. The van der Waals surface area contributed by atoms with Crippen molar-refractivity contribution in [3.63, 3.8) is 0 Å². The largest absolute Gasteiger partial charge is 0.328 e. The van der Waals surface area contributed by atoms with Crippen molar-refractivity contribution in [1.29, 1.82) is 0 Å². The van der Waals surface area contributed by atoms with Crippen LogP contribution in [0.15, 0.2) is 23.0 Å². The second kappa shape index (κ2) is 4.82. The Morgan fingerprint density at radius 2 is 1.79 bits per heavy atom. The average molecular weight is 325 g/mol. The number of hydrogen-bond donors (Lipinski definition) is 0. The van der Waals surface area contributed by atoms with Crippen LogP contribution in [-0.4, -0.2) is 9.13 Å². The van der Waals surface area contributed by atoms with Crippen LogP contribution >= 0.6 is 15.9 Å². The summed E-state index contributed by atoms with van der Waals surface area (Å²) in [6.45, 7) is 6.70. The van der Waals surface area contributed by atoms with E-state index < -0.39 is 0 Å². The van der Waals surface area contributed by atoms with Gasteiger partial charge in [-0.2, -0.15) is 0 Å². The molecule has 0 saturated carbocycles. The molecular weight excluding hydrogens is 304 g/mol. The van der Waals surface area contributed by atoms with Gasteiger partial charge < -0.3 is 0 Å². The van der Waals surface area contributed by atoms with Crippen LogP contribution in [0.2, 0.25) is 0 Å². The van der Waals surface area contributed by atoms with Gasteiger partial charge in [-0.15, -0.1) is 0 Å². The maximum atomic E-state index is 11.9. The number of nitrogens with zero attached hydrogens (tertiary/aromatic N) is 2. The van der Waals surface area contributed by atoms with Crippen molar-refractivity contribution < 1.29 is 0 Å². The predicted octanol–water partition coefficient (Wildman–Crippen LogP) is 3.75. The van der Waals surface area contributed by atoms with E-state index in [0.29, 0.717) is 0 Å². The van der Waals surface area contributed by atoms with Gasteiger partial charge in [0.15, 0.2) is 0 Å². The van der Waals surface area contributed by atoms with E-state index in [9.17, 15) is 4.79 Å². The van der Waals surface area contributed by atoms with Gasteiger partial charge in [-0.3, -0.25) is 9.13 Å². The van der Waals surface area contributed by atoms with Crippen molar-refractivity contribution in [3.8, 4) is 0 Å². The third-order valence-corrected chi connectivity index (χ3v) is 5.95. The van der Waals surface area contributed by atoms with Crippen LogP contribution in [0.25, 0.3) is 11.0 Å². The molecule has 0 spiro atoms. The maximum absolute atomic E-state index is 11.9. The Morgan fingerprint density at radius 3 is 2.37 bits per heavy atom. The summed E-state index contributed by atoms with van der Waals surface area (Å²) < 4.78 is 3.39. The zero-order valence-electron chi connectivity index (χ0n) is 12.2. The Bertz CT molecular complexity index is 667. The molecule has 0 bridgehead atoms. The van der Waals surface area contributed by atoms with Crippen molar-refractivity contribution in [2.75, 3.05) is 0 Å². The number of fused-ring (bicyclic) bond motifs is 1. The van der Waals surface area contributed by atoms with Gasteiger partial charge in [-0.1, -0.05) is 42.8 Å². The van der Waals surface area contributed by atoms with Crippen LogP contribution in [0.4, 0.5) is 0 Å². The number of benzene rings is 1. The first kappa shape index (κ1) is 14.4. The van der Waals surface area contributed by atoms with Crippen molar-refractivity contribution in [3.05, 3.63) is 34.2 Å². The van der Waals surface area contributed by atoms with Gasteiger partial charge in [0, 0.05) is 18.9 Å². The normalized spacial score (nSPS) is 14.0. The van der Waals surface area contributed by atoms with E-state index in [4.69, 9.17) is 0 Å². The molecular formula is C15H21BrN2O. The number of aryl methyl sites for hydroxylation is 2. The summed E-state index contributed by atoms with van der Waals surface area (Å²) in [5.74, 6) is 0. The highest BCUT2D eigenvalue weighted by atomic mass is 79.9. The van der Waals surface area contributed by atoms with Crippen molar-refractivity contribution in [1.82, 2.24) is 9.13 Å². The summed E-state index contributed by atoms with van der Waals surface area (Å²) in [4.78, 5) is 12.2. The summed E-state index contributed by atoms with van der Waals surface area (Å²) in [7, 11) is 3.63. The predicted molar refractivity (Wildman–Crippen MR) is 83.9 cm³/mol. The van der Waals surface area contributed by atoms with Crippen LogP contribution in [0.3, 0.4) is 0 Å². The summed E-state index contributed by atoms with van der Waals surface area (Å²) in [5, 5.41) is 0. The molecule has 1 aromatic carbocycles. The second-order valence-corrected chi connectivity index (χ2v) is 6.77. The molecule has 4 heteroatoms. The standard InChI is InChI=1S/C15H21BrN2O/c1-6-15(2,3)13(16)10-7-8-11-12(9-10)18(5)14(19)17(11)4/h7-9,13H,6H2,1-5H3. The zero-order valence-corrected chi connectivity index (χ0v) is 13.8. The number of hydrogen-bond acceptors (Lipinski definition) is 1. The fraction of sp³-hybridized carbons (Fsp3) is 0.533. The Labute approximate surface area is 122 Å². The number of aromatic nitrogens is 2. The quantitative estimate of drug-likeness (QED) is 0.790. The highest BCUT2D eigenvalue weighted by molar-refractivity contribution is 9.09. The highest BCUT2D eigenvalue weighted by Crippen LogP contribution is 2.43. The summed E-state index contributed by atoms with van der Waals surface area (Å²) >= 11 is 3.81. The molecule has 0 N–H and O–H groups in total. The molecule has 104 valence electrons. The summed E-state index contributed by atoms with van der Waals surface area (Å²) in [5.41, 5.74) is 3.39. The maximum Gasteiger partial charge on any atom is 0.328 e. The summed E-state index contributed by atoms with van der Waals surface area (Å²) in [6, 6.07) is 6.26. The van der Waals surface area contributed by atoms with Gasteiger partial charge in [0.2, 0.25) is 0 Å². The lowest BCUT2D eigenvalue weighted by Crippen LogP contribution is -2.19. The van der Waals surface area contributed by atoms with E-state index in [2.05, 4.69) is 48.8 Å². The van der Waals surface area contributed by atoms with E-state index >= 15 is 0 Å². The van der Waals surface area contributed by atoms with Gasteiger partial charge in [0.05, 0.1) is 11.0 Å². The number of rotatable bonds is 3. The van der Waals surface area contributed by atoms with Gasteiger partial charge in [0.1, 0.15) is 0 Å². The Balaban J connectivity index is 2.60. The SMILES string of the molecule is CCC(C)(C)C(Br)c1ccc2c(c1)n(C)c(=O)n2C. The van der Waals surface area contributed by atoms with E-state index in [-0.39, 0.29) is 15.9 Å². The van der Waals surface area contributed by atoms with Crippen molar-refractivity contribution >= 4 is 27.0 Å². The third-order valence-electron chi connectivity index (χ3n) is 4.19. The van der Waals surface area contributed by atoms with Gasteiger partial charge in [0.25, 0.3) is 0 Å². The first-order valence-corrected chi connectivity index (χ1v) is 7.50. The second-order valence-electron chi connectivity index (χ2n) is 5.85. The van der Waals surface area contributed by atoms with Crippen molar-refractivity contribution in [2.45, 2.75) is 32.0 Å². The number of halogens is 1. The van der Waals surface area contributed by atoms with Crippen LogP contribution in [0.5, 0.6) is 0 Å². The molecule has 0 radical (unpaired) electrons.